The summed E-state index contributed by atoms with van der Waals surface area (Å²) in [6.07, 6.45) is 13.0. The Morgan fingerprint density at radius 1 is 0.933 bits per heavy atom. The van der Waals surface area contributed by atoms with Gasteiger partial charge < -0.3 is 0 Å². The average molecular weight is 210 g/mol. The molecular weight excluding hydrogens is 180 g/mol. The third-order valence-corrected chi connectivity index (χ3v) is 3.56. The molecule has 0 rings (SSSR count). The second-order valence-corrected chi connectivity index (χ2v) is 5.02. The highest BCUT2D eigenvalue weighted by molar-refractivity contribution is 4.70. The van der Waals surface area contributed by atoms with E-state index in [0.717, 1.165) is 11.8 Å². The van der Waals surface area contributed by atoms with Gasteiger partial charge in [-0.25, -0.2) is 0 Å². The summed E-state index contributed by atoms with van der Waals surface area (Å²) in [5.41, 5.74) is 0. The minimum Gasteiger partial charge on any atom is -0.103 e. The molecule has 0 spiro atoms. The molecule has 0 aromatic rings. The van der Waals surface area contributed by atoms with Crippen LogP contribution in [0, 0.1) is 11.8 Å². The molecule has 0 saturated heterocycles. The van der Waals surface area contributed by atoms with Crippen molar-refractivity contribution in [3.05, 3.63) is 12.7 Å². The summed E-state index contributed by atoms with van der Waals surface area (Å²) >= 11 is 0. The number of hydrogen-bond donors (Lipinski definition) is 0. The molecule has 0 heteroatoms. The smallest absolute Gasteiger partial charge is 0.0351 e. The van der Waals surface area contributed by atoms with Crippen LogP contribution in [0.15, 0.2) is 12.7 Å². The summed E-state index contributed by atoms with van der Waals surface area (Å²) in [6.45, 7) is 10.9. The highest BCUT2D eigenvalue weighted by Gasteiger charge is 2.10. The Kier molecular flexibility index (Phi) is 10.1. The number of allylic oxidation sites excluding steroid dienone is 1. The normalized spacial score (nSPS) is 14.9. The molecule has 2 unspecified atom stereocenters. The zero-order valence-electron chi connectivity index (χ0n) is 11.1. The Labute approximate surface area is 97.2 Å². The molecule has 0 heterocycles. The van der Waals surface area contributed by atoms with Crippen molar-refractivity contribution in [3.63, 3.8) is 0 Å². The van der Waals surface area contributed by atoms with E-state index in [4.69, 9.17) is 0 Å². The van der Waals surface area contributed by atoms with Gasteiger partial charge in [0.15, 0.2) is 0 Å². The van der Waals surface area contributed by atoms with Crippen LogP contribution < -0.4 is 0 Å². The van der Waals surface area contributed by atoms with Gasteiger partial charge in [-0.05, 0) is 24.7 Å². The molecule has 0 aliphatic carbocycles. The molecular formula is C15H30. The Bertz CT molecular complexity index is 137. The summed E-state index contributed by atoms with van der Waals surface area (Å²) < 4.78 is 0. The zero-order valence-corrected chi connectivity index (χ0v) is 11.1. The van der Waals surface area contributed by atoms with E-state index in [1.54, 1.807) is 0 Å². The van der Waals surface area contributed by atoms with Crippen molar-refractivity contribution in [3.8, 4) is 0 Å². The fraction of sp³-hybridized carbons (Fsp3) is 0.867. The number of unbranched alkanes of at least 4 members (excludes halogenated alkanes) is 4. The Hall–Kier alpha value is -0.260. The second-order valence-electron chi connectivity index (χ2n) is 5.02. The van der Waals surface area contributed by atoms with Crippen LogP contribution in [0.5, 0.6) is 0 Å². The van der Waals surface area contributed by atoms with Gasteiger partial charge in [-0.15, -0.1) is 6.58 Å². The van der Waals surface area contributed by atoms with E-state index in [-0.39, 0.29) is 0 Å². The maximum Gasteiger partial charge on any atom is -0.0351 e. The summed E-state index contributed by atoms with van der Waals surface area (Å²) in [5, 5.41) is 0. The molecule has 0 bridgehead atoms. The van der Waals surface area contributed by atoms with Gasteiger partial charge in [0.25, 0.3) is 0 Å². The SMILES string of the molecule is C=CCCC(C)C(C)CCCCCCC. The highest BCUT2D eigenvalue weighted by Crippen LogP contribution is 2.22. The van der Waals surface area contributed by atoms with Crippen molar-refractivity contribution in [1.29, 1.82) is 0 Å². The molecule has 0 aliphatic rings. The molecule has 0 aromatic carbocycles. The Morgan fingerprint density at radius 3 is 2.13 bits per heavy atom. The first-order chi connectivity index (χ1) is 7.22. The van der Waals surface area contributed by atoms with Gasteiger partial charge in [0.05, 0.1) is 0 Å². The maximum absolute atomic E-state index is 3.79. The Morgan fingerprint density at radius 2 is 1.53 bits per heavy atom. The van der Waals surface area contributed by atoms with Gasteiger partial charge in [0, 0.05) is 0 Å². The fourth-order valence-corrected chi connectivity index (χ4v) is 2.02. The van der Waals surface area contributed by atoms with E-state index in [0.29, 0.717) is 0 Å². The molecule has 2 atom stereocenters. The predicted molar refractivity (Wildman–Crippen MR) is 71.1 cm³/mol. The molecule has 0 fully saturated rings. The van der Waals surface area contributed by atoms with Crippen LogP contribution in [-0.4, -0.2) is 0 Å². The van der Waals surface area contributed by atoms with Gasteiger partial charge in [0.2, 0.25) is 0 Å². The van der Waals surface area contributed by atoms with E-state index in [2.05, 4.69) is 27.4 Å². The van der Waals surface area contributed by atoms with Crippen LogP contribution in [0.1, 0.15) is 72.1 Å². The lowest BCUT2D eigenvalue weighted by molar-refractivity contribution is 0.334. The molecule has 0 amide bonds. The second kappa shape index (κ2) is 10.3. The van der Waals surface area contributed by atoms with Gasteiger partial charge in [-0.3, -0.25) is 0 Å². The van der Waals surface area contributed by atoms with Gasteiger partial charge in [-0.2, -0.15) is 0 Å². The van der Waals surface area contributed by atoms with Crippen molar-refractivity contribution in [2.45, 2.75) is 72.1 Å². The Balaban J connectivity index is 3.37. The van der Waals surface area contributed by atoms with Crippen molar-refractivity contribution in [2.24, 2.45) is 11.8 Å². The maximum atomic E-state index is 3.79. The molecule has 15 heavy (non-hydrogen) atoms. The van der Waals surface area contributed by atoms with E-state index in [1.165, 1.54) is 51.4 Å². The van der Waals surface area contributed by atoms with Crippen LogP contribution in [0.25, 0.3) is 0 Å². The zero-order chi connectivity index (χ0) is 11.5. The standard InChI is InChI=1S/C15H30/c1-5-7-9-10-11-13-15(4)14(3)12-8-6-2/h6,14-15H,2,5,7-13H2,1,3-4H3. The van der Waals surface area contributed by atoms with Crippen LogP contribution in [0.2, 0.25) is 0 Å². The summed E-state index contributed by atoms with van der Waals surface area (Å²) in [4.78, 5) is 0. The molecule has 0 aromatic heterocycles. The predicted octanol–water partition coefficient (Wildman–Crippen LogP) is 5.59. The third-order valence-electron chi connectivity index (χ3n) is 3.56. The minimum atomic E-state index is 0.870. The van der Waals surface area contributed by atoms with Gasteiger partial charge >= 0.3 is 0 Å². The third kappa shape index (κ3) is 8.72. The lowest BCUT2D eigenvalue weighted by Crippen LogP contribution is -2.07. The monoisotopic (exact) mass is 210 g/mol. The van der Waals surface area contributed by atoms with Crippen LogP contribution in [0.4, 0.5) is 0 Å². The van der Waals surface area contributed by atoms with Crippen molar-refractivity contribution in [2.75, 3.05) is 0 Å². The van der Waals surface area contributed by atoms with E-state index in [1.807, 2.05) is 6.08 Å². The lowest BCUT2D eigenvalue weighted by Gasteiger charge is -2.19. The topological polar surface area (TPSA) is 0 Å². The van der Waals surface area contributed by atoms with Gasteiger partial charge in [0.1, 0.15) is 0 Å². The summed E-state index contributed by atoms with van der Waals surface area (Å²) in [5.74, 6) is 1.76. The average Bonchev–Trinajstić information content (AvgIpc) is 2.25. The minimum absolute atomic E-state index is 0.870. The van der Waals surface area contributed by atoms with E-state index >= 15 is 0 Å². The van der Waals surface area contributed by atoms with E-state index < -0.39 is 0 Å². The van der Waals surface area contributed by atoms with Crippen LogP contribution in [-0.2, 0) is 0 Å². The van der Waals surface area contributed by atoms with Crippen LogP contribution >= 0.6 is 0 Å². The van der Waals surface area contributed by atoms with Crippen LogP contribution in [0.3, 0.4) is 0 Å². The molecule has 90 valence electrons. The quantitative estimate of drug-likeness (QED) is 0.326. The summed E-state index contributed by atoms with van der Waals surface area (Å²) in [7, 11) is 0. The van der Waals surface area contributed by atoms with Gasteiger partial charge in [-0.1, -0.05) is 65.4 Å². The first kappa shape index (κ1) is 14.7. The first-order valence-corrected chi connectivity index (χ1v) is 6.83. The largest absolute Gasteiger partial charge is 0.103 e. The molecule has 0 N–H and O–H groups in total. The molecule has 0 radical (unpaired) electrons. The first-order valence-electron chi connectivity index (χ1n) is 6.83. The van der Waals surface area contributed by atoms with E-state index in [9.17, 15) is 0 Å². The molecule has 0 aliphatic heterocycles. The van der Waals surface area contributed by atoms with Crippen molar-refractivity contribution in [1.82, 2.24) is 0 Å². The lowest BCUT2D eigenvalue weighted by atomic mass is 9.87. The fourth-order valence-electron chi connectivity index (χ4n) is 2.02. The van der Waals surface area contributed by atoms with Crippen molar-refractivity contribution < 1.29 is 0 Å². The number of rotatable bonds is 10. The molecule has 0 saturated carbocycles. The molecule has 0 nitrogen and oxygen atoms in total. The number of hydrogen-bond acceptors (Lipinski definition) is 0. The van der Waals surface area contributed by atoms with Crippen molar-refractivity contribution >= 4 is 0 Å². The highest BCUT2D eigenvalue weighted by atomic mass is 14.2. The summed E-state index contributed by atoms with van der Waals surface area (Å²) in [6, 6.07) is 0.